The van der Waals surface area contributed by atoms with Crippen LogP contribution in [0.4, 0.5) is 0 Å². The van der Waals surface area contributed by atoms with E-state index in [9.17, 15) is 9.90 Å². The highest BCUT2D eigenvalue weighted by Gasteiger charge is 2.13. The number of halogens is 1. The van der Waals surface area contributed by atoms with Crippen LogP contribution in [0.3, 0.4) is 0 Å². The highest BCUT2D eigenvalue weighted by molar-refractivity contribution is 9.09. The van der Waals surface area contributed by atoms with Crippen LogP contribution >= 0.6 is 15.9 Å². The van der Waals surface area contributed by atoms with Gasteiger partial charge < -0.3 is 9.52 Å². The summed E-state index contributed by atoms with van der Waals surface area (Å²) in [7, 11) is 0. The molecule has 0 bridgehead atoms. The van der Waals surface area contributed by atoms with Gasteiger partial charge in [0.15, 0.2) is 0 Å². The van der Waals surface area contributed by atoms with E-state index in [1.165, 1.54) is 5.56 Å². The molecule has 3 nitrogen and oxygen atoms in total. The molecule has 0 aliphatic rings. The van der Waals surface area contributed by atoms with Gasteiger partial charge in [-0.05, 0) is 29.7 Å². The van der Waals surface area contributed by atoms with Gasteiger partial charge in [0.25, 0.3) is 0 Å². The maximum absolute atomic E-state index is 11.3. The van der Waals surface area contributed by atoms with Crippen molar-refractivity contribution in [2.45, 2.75) is 12.8 Å². The van der Waals surface area contributed by atoms with Crippen LogP contribution < -0.4 is 0 Å². The zero-order valence-electron chi connectivity index (χ0n) is 11.9. The van der Waals surface area contributed by atoms with Gasteiger partial charge in [0.2, 0.25) is 0 Å². The molecule has 0 atom stereocenters. The van der Waals surface area contributed by atoms with Crippen molar-refractivity contribution in [3.63, 3.8) is 0 Å². The van der Waals surface area contributed by atoms with E-state index >= 15 is 0 Å². The second-order valence-electron chi connectivity index (χ2n) is 5.16. The standard InChI is InChI=1S/C18H15BrO3/c19-8-7-12-5-6-15-14(9-12)11-22-17(15)10-13-3-1-2-4-16(13)18(20)21/h1-6,9,11H,7-8,10H2,(H,20,21). The summed E-state index contributed by atoms with van der Waals surface area (Å²) in [4.78, 5) is 11.3. The van der Waals surface area contributed by atoms with Crippen LogP contribution in [-0.4, -0.2) is 16.4 Å². The normalized spacial score (nSPS) is 11.0. The quantitative estimate of drug-likeness (QED) is 0.674. The largest absolute Gasteiger partial charge is 0.478 e. The lowest BCUT2D eigenvalue weighted by Crippen LogP contribution is -2.02. The molecule has 1 heterocycles. The first-order valence-electron chi connectivity index (χ1n) is 7.05. The Balaban J connectivity index is 1.96. The number of carboxylic acid groups (broad SMARTS) is 1. The number of benzene rings is 2. The fraction of sp³-hybridized carbons (Fsp3) is 0.167. The predicted molar refractivity (Wildman–Crippen MR) is 89.9 cm³/mol. The van der Waals surface area contributed by atoms with Gasteiger partial charge in [0, 0.05) is 22.5 Å². The second kappa shape index (κ2) is 6.36. The summed E-state index contributed by atoms with van der Waals surface area (Å²) in [6, 6.07) is 13.3. The molecule has 0 amide bonds. The molecule has 3 aromatic rings. The third-order valence-corrected chi connectivity index (χ3v) is 4.12. The fourth-order valence-electron chi connectivity index (χ4n) is 2.62. The lowest BCUT2D eigenvalue weighted by atomic mass is 10.0. The molecular weight excluding hydrogens is 344 g/mol. The second-order valence-corrected chi connectivity index (χ2v) is 5.95. The first kappa shape index (κ1) is 14.9. The average Bonchev–Trinajstić information content (AvgIpc) is 2.90. The number of hydrogen-bond donors (Lipinski definition) is 1. The minimum atomic E-state index is -0.911. The van der Waals surface area contributed by atoms with E-state index in [1.807, 2.05) is 12.1 Å². The maximum Gasteiger partial charge on any atom is 0.335 e. The Morgan fingerprint density at radius 3 is 2.77 bits per heavy atom. The Hall–Kier alpha value is -2.07. The molecular formula is C18H15BrO3. The Morgan fingerprint density at radius 1 is 1.18 bits per heavy atom. The van der Waals surface area contributed by atoms with Crippen LogP contribution in [0.15, 0.2) is 53.1 Å². The molecule has 112 valence electrons. The van der Waals surface area contributed by atoms with Gasteiger partial charge in [-0.15, -0.1) is 0 Å². The van der Waals surface area contributed by atoms with Crippen LogP contribution in [0, 0.1) is 0 Å². The first-order valence-corrected chi connectivity index (χ1v) is 8.17. The Bertz CT molecular complexity index is 820. The van der Waals surface area contributed by atoms with E-state index < -0.39 is 5.97 Å². The molecule has 0 aliphatic heterocycles. The number of aromatic carboxylic acids is 1. The van der Waals surface area contributed by atoms with Crippen molar-refractivity contribution in [3.05, 3.63) is 71.2 Å². The average molecular weight is 359 g/mol. The topological polar surface area (TPSA) is 50.4 Å². The van der Waals surface area contributed by atoms with E-state index in [0.717, 1.165) is 33.8 Å². The van der Waals surface area contributed by atoms with Crippen LogP contribution in [0.5, 0.6) is 0 Å². The monoisotopic (exact) mass is 358 g/mol. The molecule has 1 aromatic heterocycles. The van der Waals surface area contributed by atoms with Crippen molar-refractivity contribution in [2.24, 2.45) is 0 Å². The van der Waals surface area contributed by atoms with Gasteiger partial charge in [-0.25, -0.2) is 4.79 Å². The summed E-state index contributed by atoms with van der Waals surface area (Å²) in [5, 5.41) is 12.3. The van der Waals surface area contributed by atoms with Gasteiger partial charge in [-0.1, -0.05) is 46.3 Å². The SMILES string of the molecule is O=C(O)c1ccccc1Cc1occ2cc(CCBr)ccc12. The lowest BCUT2D eigenvalue weighted by molar-refractivity contribution is 0.0696. The molecule has 4 heteroatoms. The van der Waals surface area contributed by atoms with Crippen LogP contribution in [0.25, 0.3) is 10.8 Å². The zero-order valence-corrected chi connectivity index (χ0v) is 13.5. The number of aryl methyl sites for hydroxylation is 1. The van der Waals surface area contributed by atoms with Crippen molar-refractivity contribution in [2.75, 3.05) is 5.33 Å². The van der Waals surface area contributed by atoms with E-state index in [1.54, 1.807) is 18.4 Å². The maximum atomic E-state index is 11.3. The Morgan fingerprint density at radius 2 is 2.00 bits per heavy atom. The molecule has 2 aromatic carbocycles. The summed E-state index contributed by atoms with van der Waals surface area (Å²) >= 11 is 3.44. The van der Waals surface area contributed by atoms with E-state index in [0.29, 0.717) is 12.0 Å². The highest BCUT2D eigenvalue weighted by Crippen LogP contribution is 2.26. The van der Waals surface area contributed by atoms with E-state index in [4.69, 9.17) is 4.42 Å². The van der Waals surface area contributed by atoms with E-state index in [2.05, 4.69) is 34.1 Å². The molecule has 0 saturated carbocycles. The fourth-order valence-corrected chi connectivity index (χ4v) is 3.08. The predicted octanol–water partition coefficient (Wildman–Crippen LogP) is 4.66. The van der Waals surface area contributed by atoms with Crippen molar-refractivity contribution < 1.29 is 14.3 Å². The highest BCUT2D eigenvalue weighted by atomic mass is 79.9. The molecule has 1 N–H and O–H groups in total. The molecule has 22 heavy (non-hydrogen) atoms. The minimum absolute atomic E-state index is 0.322. The summed E-state index contributed by atoms with van der Waals surface area (Å²) < 4.78 is 5.68. The molecule has 0 aliphatic carbocycles. The number of carboxylic acids is 1. The zero-order chi connectivity index (χ0) is 15.5. The van der Waals surface area contributed by atoms with Gasteiger partial charge in [0.05, 0.1) is 11.8 Å². The third kappa shape index (κ3) is 2.92. The number of alkyl halides is 1. The number of carbonyl (C=O) groups is 1. The van der Waals surface area contributed by atoms with Crippen molar-refractivity contribution in [1.82, 2.24) is 0 Å². The van der Waals surface area contributed by atoms with Gasteiger partial charge in [0.1, 0.15) is 5.76 Å². The van der Waals surface area contributed by atoms with E-state index in [-0.39, 0.29) is 0 Å². The molecule has 0 radical (unpaired) electrons. The number of fused-ring (bicyclic) bond motifs is 1. The number of hydrogen-bond acceptors (Lipinski definition) is 2. The van der Waals surface area contributed by atoms with Crippen LogP contribution in [-0.2, 0) is 12.8 Å². The van der Waals surface area contributed by atoms with Crippen LogP contribution in [0.2, 0.25) is 0 Å². The van der Waals surface area contributed by atoms with Crippen molar-refractivity contribution in [1.29, 1.82) is 0 Å². The summed E-state index contributed by atoms with van der Waals surface area (Å²) in [6.07, 6.45) is 3.19. The van der Waals surface area contributed by atoms with Gasteiger partial charge in [-0.2, -0.15) is 0 Å². The number of rotatable bonds is 5. The van der Waals surface area contributed by atoms with Crippen LogP contribution in [0.1, 0.15) is 27.2 Å². The van der Waals surface area contributed by atoms with Crippen molar-refractivity contribution >= 4 is 32.7 Å². The number of furan rings is 1. The molecule has 0 spiro atoms. The molecule has 0 saturated heterocycles. The molecule has 0 unspecified atom stereocenters. The summed E-state index contributed by atoms with van der Waals surface area (Å²) in [5.74, 6) is -0.111. The Kier molecular flexibility index (Phi) is 4.29. The molecule has 3 rings (SSSR count). The Labute approximate surface area is 136 Å². The molecule has 0 fully saturated rings. The smallest absolute Gasteiger partial charge is 0.335 e. The van der Waals surface area contributed by atoms with Gasteiger partial charge >= 0.3 is 5.97 Å². The summed E-state index contributed by atoms with van der Waals surface area (Å²) in [5.41, 5.74) is 2.33. The minimum Gasteiger partial charge on any atom is -0.478 e. The van der Waals surface area contributed by atoms with Gasteiger partial charge in [-0.3, -0.25) is 0 Å². The third-order valence-electron chi connectivity index (χ3n) is 3.73. The first-order chi connectivity index (χ1) is 10.7. The van der Waals surface area contributed by atoms with Crippen molar-refractivity contribution in [3.8, 4) is 0 Å². The summed E-state index contributed by atoms with van der Waals surface area (Å²) in [6.45, 7) is 0. The lowest BCUT2D eigenvalue weighted by Gasteiger charge is -2.04.